The van der Waals surface area contributed by atoms with Gasteiger partial charge in [-0.1, -0.05) is 29.8 Å². The Labute approximate surface area is 141 Å². The molecule has 0 spiro atoms. The largest absolute Gasteiger partial charge is 0.457 e. The maximum absolute atomic E-state index is 12.0. The summed E-state index contributed by atoms with van der Waals surface area (Å²) in [5.41, 5.74) is 1.48. The molecular formula is C17H11ClN2O4. The van der Waals surface area contributed by atoms with Crippen molar-refractivity contribution in [1.29, 1.82) is 0 Å². The summed E-state index contributed by atoms with van der Waals surface area (Å²) < 4.78 is 5.21. The van der Waals surface area contributed by atoms with Crippen LogP contribution in [0, 0.1) is 10.1 Å². The summed E-state index contributed by atoms with van der Waals surface area (Å²) in [6.07, 6.45) is 0. The van der Waals surface area contributed by atoms with Gasteiger partial charge in [-0.2, -0.15) is 0 Å². The molecule has 0 aliphatic heterocycles. The Kier molecular flexibility index (Phi) is 4.39. The SMILES string of the molecule is O=C(OCc1cc2ccccc2nc1Cl)c1ccc([N+](=O)[O-])cc1. The molecule has 24 heavy (non-hydrogen) atoms. The van der Waals surface area contributed by atoms with E-state index < -0.39 is 10.9 Å². The van der Waals surface area contributed by atoms with Crippen LogP contribution in [0.1, 0.15) is 15.9 Å². The number of nitro benzene ring substituents is 1. The summed E-state index contributed by atoms with van der Waals surface area (Å²) in [5, 5.41) is 11.8. The number of hydrogen-bond donors (Lipinski definition) is 0. The van der Waals surface area contributed by atoms with Crippen LogP contribution in [0.15, 0.2) is 54.6 Å². The first-order valence-corrected chi connectivity index (χ1v) is 7.38. The number of fused-ring (bicyclic) bond motifs is 1. The second-order valence-electron chi connectivity index (χ2n) is 5.01. The third-order valence-electron chi connectivity index (χ3n) is 3.42. The molecule has 6 nitrogen and oxygen atoms in total. The lowest BCUT2D eigenvalue weighted by molar-refractivity contribution is -0.384. The van der Waals surface area contributed by atoms with E-state index >= 15 is 0 Å². The van der Waals surface area contributed by atoms with Gasteiger partial charge in [-0.3, -0.25) is 10.1 Å². The van der Waals surface area contributed by atoms with Crippen LogP contribution in [0.4, 0.5) is 5.69 Å². The van der Waals surface area contributed by atoms with E-state index in [1.165, 1.54) is 24.3 Å². The maximum Gasteiger partial charge on any atom is 0.338 e. The summed E-state index contributed by atoms with van der Waals surface area (Å²) >= 11 is 6.11. The lowest BCUT2D eigenvalue weighted by Gasteiger charge is -2.08. The number of carbonyl (C=O) groups is 1. The zero-order valence-corrected chi connectivity index (χ0v) is 13.1. The van der Waals surface area contributed by atoms with Crippen molar-refractivity contribution in [3.05, 3.63) is 81.0 Å². The molecule has 1 heterocycles. The Morgan fingerprint density at radius 3 is 2.58 bits per heavy atom. The number of benzene rings is 2. The number of non-ortho nitro benzene ring substituents is 1. The maximum atomic E-state index is 12.0. The van der Waals surface area contributed by atoms with Crippen molar-refractivity contribution < 1.29 is 14.5 Å². The van der Waals surface area contributed by atoms with Crippen molar-refractivity contribution in [2.75, 3.05) is 0 Å². The molecular weight excluding hydrogens is 332 g/mol. The lowest BCUT2D eigenvalue weighted by atomic mass is 10.1. The van der Waals surface area contributed by atoms with E-state index in [1.807, 2.05) is 30.3 Å². The molecule has 0 bridgehead atoms. The zero-order chi connectivity index (χ0) is 17.1. The van der Waals surface area contributed by atoms with Crippen molar-refractivity contribution in [3.8, 4) is 0 Å². The molecule has 0 amide bonds. The Morgan fingerprint density at radius 1 is 1.17 bits per heavy atom. The van der Waals surface area contributed by atoms with Gasteiger partial charge < -0.3 is 4.74 Å². The van der Waals surface area contributed by atoms with Crippen LogP contribution in [-0.4, -0.2) is 15.9 Å². The topological polar surface area (TPSA) is 82.3 Å². The van der Waals surface area contributed by atoms with Crippen LogP contribution in [0.25, 0.3) is 10.9 Å². The van der Waals surface area contributed by atoms with Gasteiger partial charge in [-0.15, -0.1) is 0 Å². The van der Waals surface area contributed by atoms with Gasteiger partial charge in [-0.05, 0) is 24.3 Å². The molecule has 3 rings (SSSR count). The van der Waals surface area contributed by atoms with Gasteiger partial charge in [-0.25, -0.2) is 9.78 Å². The molecule has 0 radical (unpaired) electrons. The Morgan fingerprint density at radius 2 is 1.88 bits per heavy atom. The molecule has 2 aromatic carbocycles. The average molecular weight is 343 g/mol. The van der Waals surface area contributed by atoms with Crippen LogP contribution < -0.4 is 0 Å². The number of nitro groups is 1. The second-order valence-corrected chi connectivity index (χ2v) is 5.37. The van der Waals surface area contributed by atoms with E-state index in [0.717, 1.165) is 10.9 Å². The smallest absolute Gasteiger partial charge is 0.338 e. The zero-order valence-electron chi connectivity index (χ0n) is 12.3. The molecule has 0 unspecified atom stereocenters. The van der Waals surface area contributed by atoms with Gasteiger partial charge in [0.25, 0.3) is 5.69 Å². The quantitative estimate of drug-likeness (QED) is 0.308. The highest BCUT2D eigenvalue weighted by molar-refractivity contribution is 6.30. The minimum atomic E-state index is -0.589. The normalized spacial score (nSPS) is 10.5. The predicted octanol–water partition coefficient (Wildman–Crippen LogP) is 4.15. The van der Waals surface area contributed by atoms with Gasteiger partial charge in [0.05, 0.1) is 16.0 Å². The Bertz CT molecular complexity index is 926. The van der Waals surface area contributed by atoms with Crippen LogP contribution in [-0.2, 0) is 11.3 Å². The standard InChI is InChI=1S/C17H11ClN2O4/c18-16-13(9-12-3-1-2-4-15(12)19-16)10-24-17(21)11-5-7-14(8-6-11)20(22)23/h1-9H,10H2. The second kappa shape index (κ2) is 6.64. The van der Waals surface area contributed by atoms with E-state index in [9.17, 15) is 14.9 Å². The number of aromatic nitrogens is 1. The van der Waals surface area contributed by atoms with Gasteiger partial charge in [0.1, 0.15) is 11.8 Å². The van der Waals surface area contributed by atoms with Crippen LogP contribution in [0.2, 0.25) is 5.15 Å². The van der Waals surface area contributed by atoms with E-state index in [2.05, 4.69) is 4.98 Å². The number of esters is 1. The molecule has 0 aliphatic carbocycles. The molecule has 0 saturated carbocycles. The molecule has 120 valence electrons. The molecule has 3 aromatic rings. The third kappa shape index (κ3) is 3.33. The first-order valence-electron chi connectivity index (χ1n) is 7.00. The summed E-state index contributed by atoms with van der Waals surface area (Å²) in [7, 11) is 0. The fourth-order valence-corrected chi connectivity index (χ4v) is 2.38. The van der Waals surface area contributed by atoms with Crippen LogP contribution in [0.3, 0.4) is 0 Å². The van der Waals surface area contributed by atoms with Crippen molar-refractivity contribution in [2.45, 2.75) is 6.61 Å². The number of para-hydroxylation sites is 1. The third-order valence-corrected chi connectivity index (χ3v) is 3.75. The van der Waals surface area contributed by atoms with E-state index in [1.54, 1.807) is 0 Å². The monoisotopic (exact) mass is 342 g/mol. The van der Waals surface area contributed by atoms with Gasteiger partial charge in [0.15, 0.2) is 0 Å². The molecule has 0 fully saturated rings. The fraction of sp³-hybridized carbons (Fsp3) is 0.0588. The van der Waals surface area contributed by atoms with Crippen molar-refractivity contribution in [2.24, 2.45) is 0 Å². The molecule has 0 atom stereocenters. The number of nitrogens with zero attached hydrogens (tertiary/aromatic N) is 2. The Hall–Kier alpha value is -2.99. The van der Waals surface area contributed by atoms with Gasteiger partial charge in [0.2, 0.25) is 0 Å². The molecule has 0 saturated heterocycles. The van der Waals surface area contributed by atoms with Crippen molar-refractivity contribution in [3.63, 3.8) is 0 Å². The van der Waals surface area contributed by atoms with Crippen LogP contribution >= 0.6 is 11.6 Å². The molecule has 0 N–H and O–H groups in total. The van der Waals surface area contributed by atoms with Crippen LogP contribution in [0.5, 0.6) is 0 Å². The number of rotatable bonds is 4. The minimum Gasteiger partial charge on any atom is -0.457 e. The molecule has 1 aromatic heterocycles. The highest BCUT2D eigenvalue weighted by Crippen LogP contribution is 2.21. The highest BCUT2D eigenvalue weighted by Gasteiger charge is 2.12. The van der Waals surface area contributed by atoms with Gasteiger partial charge in [0, 0.05) is 23.1 Å². The molecule has 0 aliphatic rings. The fourth-order valence-electron chi connectivity index (χ4n) is 2.18. The summed E-state index contributed by atoms with van der Waals surface area (Å²) in [5.74, 6) is -0.589. The summed E-state index contributed by atoms with van der Waals surface area (Å²) in [6, 6.07) is 14.5. The highest BCUT2D eigenvalue weighted by atomic mass is 35.5. The predicted molar refractivity (Wildman–Crippen MR) is 89.0 cm³/mol. The van der Waals surface area contributed by atoms with Gasteiger partial charge >= 0.3 is 5.97 Å². The van der Waals surface area contributed by atoms with E-state index in [-0.39, 0.29) is 23.0 Å². The Balaban J connectivity index is 1.74. The average Bonchev–Trinajstić information content (AvgIpc) is 2.59. The van der Waals surface area contributed by atoms with E-state index in [0.29, 0.717) is 5.56 Å². The minimum absolute atomic E-state index is 0.0352. The number of hydrogen-bond acceptors (Lipinski definition) is 5. The first kappa shape index (κ1) is 15.9. The van der Waals surface area contributed by atoms with E-state index in [4.69, 9.17) is 16.3 Å². The number of carbonyl (C=O) groups excluding carboxylic acids is 1. The number of ether oxygens (including phenoxy) is 1. The van der Waals surface area contributed by atoms with Crippen molar-refractivity contribution >= 4 is 34.2 Å². The first-order chi connectivity index (χ1) is 11.5. The summed E-state index contributed by atoms with van der Waals surface area (Å²) in [6.45, 7) is -0.0352. The number of pyridine rings is 1. The summed E-state index contributed by atoms with van der Waals surface area (Å²) in [4.78, 5) is 26.3. The molecule has 7 heteroatoms. The number of halogens is 1. The lowest BCUT2D eigenvalue weighted by Crippen LogP contribution is -2.06. The van der Waals surface area contributed by atoms with Crippen molar-refractivity contribution in [1.82, 2.24) is 4.98 Å².